The van der Waals surface area contributed by atoms with Gasteiger partial charge >= 0.3 is 0 Å². The molecule has 0 unspecified atom stereocenters. The lowest BCUT2D eigenvalue weighted by molar-refractivity contribution is 0.0942. The molecule has 4 rings (SSSR count). The molecule has 0 radical (unpaired) electrons. The van der Waals surface area contributed by atoms with Crippen LogP contribution in [-0.2, 0) is 4.74 Å². The molecular weight excluding hydrogens is 396 g/mol. The van der Waals surface area contributed by atoms with Crippen LogP contribution >= 0.6 is 11.3 Å². The number of amides is 1. The molecule has 2 saturated heterocycles. The van der Waals surface area contributed by atoms with E-state index in [0.29, 0.717) is 6.54 Å². The second-order valence-electron chi connectivity index (χ2n) is 7.83. The minimum absolute atomic E-state index is 0.0314. The molecule has 2 aliphatic rings. The summed E-state index contributed by atoms with van der Waals surface area (Å²) in [6.45, 7) is 12.6. The number of benzene rings is 1. The number of anilines is 1. The third kappa shape index (κ3) is 5.21. The largest absolute Gasteiger partial charge is 0.378 e. The summed E-state index contributed by atoms with van der Waals surface area (Å²) < 4.78 is 5.52. The molecular formula is C23H32N4O2S. The Morgan fingerprint density at radius 3 is 2.43 bits per heavy atom. The SMILES string of the molecule is CCN1CCN(CCNC(=O)c2cc(-c3ccccc3)c(N3CCOCC3)s2)CC1. The normalized spacial score (nSPS) is 18.5. The number of nitrogens with zero attached hydrogens (tertiary/aromatic N) is 3. The minimum Gasteiger partial charge on any atom is -0.378 e. The summed E-state index contributed by atoms with van der Waals surface area (Å²) in [4.78, 5) is 20.9. The van der Waals surface area contributed by atoms with Crippen molar-refractivity contribution in [2.45, 2.75) is 6.92 Å². The Labute approximate surface area is 183 Å². The number of carbonyl (C=O) groups excluding carboxylic acids is 1. The number of ether oxygens (including phenoxy) is 1. The lowest BCUT2D eigenvalue weighted by Gasteiger charge is -2.33. The fourth-order valence-corrected chi connectivity index (χ4v) is 5.21. The minimum atomic E-state index is 0.0314. The van der Waals surface area contributed by atoms with Gasteiger partial charge in [-0.3, -0.25) is 9.69 Å². The maximum Gasteiger partial charge on any atom is 0.261 e. The molecule has 30 heavy (non-hydrogen) atoms. The summed E-state index contributed by atoms with van der Waals surface area (Å²) in [5.74, 6) is 0.0314. The van der Waals surface area contributed by atoms with Gasteiger partial charge in [-0.15, -0.1) is 11.3 Å². The van der Waals surface area contributed by atoms with Crippen molar-refractivity contribution >= 4 is 22.2 Å². The first-order valence-corrected chi connectivity index (χ1v) is 11.8. The lowest BCUT2D eigenvalue weighted by Crippen LogP contribution is -2.48. The monoisotopic (exact) mass is 428 g/mol. The summed E-state index contributed by atoms with van der Waals surface area (Å²) in [6, 6.07) is 12.4. The van der Waals surface area contributed by atoms with E-state index in [0.717, 1.165) is 81.6 Å². The van der Waals surface area contributed by atoms with Crippen molar-refractivity contribution < 1.29 is 9.53 Å². The Balaban J connectivity index is 1.40. The summed E-state index contributed by atoms with van der Waals surface area (Å²) >= 11 is 1.60. The number of hydrogen-bond donors (Lipinski definition) is 1. The highest BCUT2D eigenvalue weighted by molar-refractivity contribution is 7.18. The lowest BCUT2D eigenvalue weighted by atomic mass is 10.1. The maximum atomic E-state index is 12.9. The van der Waals surface area contributed by atoms with Crippen molar-refractivity contribution in [3.63, 3.8) is 0 Å². The zero-order chi connectivity index (χ0) is 20.8. The zero-order valence-corrected chi connectivity index (χ0v) is 18.6. The van der Waals surface area contributed by atoms with Crippen LogP contribution in [0, 0.1) is 0 Å². The van der Waals surface area contributed by atoms with Gasteiger partial charge in [0.05, 0.1) is 23.1 Å². The van der Waals surface area contributed by atoms with E-state index in [1.807, 2.05) is 18.2 Å². The van der Waals surface area contributed by atoms with Crippen LogP contribution in [0.4, 0.5) is 5.00 Å². The Morgan fingerprint density at radius 2 is 1.73 bits per heavy atom. The molecule has 2 aromatic rings. The van der Waals surface area contributed by atoms with Crippen LogP contribution in [0.25, 0.3) is 11.1 Å². The van der Waals surface area contributed by atoms with Crippen LogP contribution in [0.15, 0.2) is 36.4 Å². The first-order valence-electron chi connectivity index (χ1n) is 11.0. The molecule has 0 atom stereocenters. The molecule has 2 aliphatic heterocycles. The van der Waals surface area contributed by atoms with Gasteiger partial charge in [0.15, 0.2) is 0 Å². The van der Waals surface area contributed by atoms with Gasteiger partial charge in [-0.05, 0) is 18.2 Å². The molecule has 1 amide bonds. The Kier molecular flexibility index (Phi) is 7.38. The van der Waals surface area contributed by atoms with Gasteiger partial charge in [-0.25, -0.2) is 0 Å². The number of morpholine rings is 1. The van der Waals surface area contributed by atoms with Crippen LogP contribution in [-0.4, -0.2) is 87.8 Å². The van der Waals surface area contributed by atoms with Crippen LogP contribution in [0.5, 0.6) is 0 Å². The number of carbonyl (C=O) groups is 1. The van der Waals surface area contributed by atoms with Crippen LogP contribution < -0.4 is 10.2 Å². The third-order valence-electron chi connectivity index (χ3n) is 5.95. The van der Waals surface area contributed by atoms with E-state index in [9.17, 15) is 4.79 Å². The van der Waals surface area contributed by atoms with E-state index >= 15 is 0 Å². The highest BCUT2D eigenvalue weighted by atomic mass is 32.1. The van der Waals surface area contributed by atoms with Crippen LogP contribution in [0.2, 0.25) is 0 Å². The van der Waals surface area contributed by atoms with Gasteiger partial charge in [0, 0.05) is 57.9 Å². The summed E-state index contributed by atoms with van der Waals surface area (Å²) in [5.41, 5.74) is 2.30. The Hall–Kier alpha value is -1.93. The van der Waals surface area contributed by atoms with Crippen molar-refractivity contribution in [1.29, 1.82) is 0 Å². The molecule has 0 aliphatic carbocycles. The molecule has 162 valence electrons. The molecule has 6 nitrogen and oxygen atoms in total. The molecule has 0 bridgehead atoms. The summed E-state index contributed by atoms with van der Waals surface area (Å²) in [7, 11) is 0. The highest BCUT2D eigenvalue weighted by Gasteiger charge is 2.22. The van der Waals surface area contributed by atoms with Gasteiger partial charge < -0.3 is 19.9 Å². The molecule has 7 heteroatoms. The molecule has 1 aromatic carbocycles. The number of hydrogen-bond acceptors (Lipinski definition) is 6. The number of piperazine rings is 1. The summed E-state index contributed by atoms with van der Waals surface area (Å²) in [6.07, 6.45) is 0. The van der Waals surface area contributed by atoms with E-state index in [-0.39, 0.29) is 5.91 Å². The number of thiophene rings is 1. The first-order chi connectivity index (χ1) is 14.7. The molecule has 0 saturated carbocycles. The van der Waals surface area contributed by atoms with Crippen molar-refractivity contribution in [1.82, 2.24) is 15.1 Å². The second-order valence-corrected chi connectivity index (χ2v) is 8.86. The van der Waals surface area contributed by atoms with E-state index in [2.05, 4.69) is 45.1 Å². The zero-order valence-electron chi connectivity index (χ0n) is 17.8. The average molecular weight is 429 g/mol. The van der Waals surface area contributed by atoms with E-state index in [1.165, 1.54) is 5.00 Å². The van der Waals surface area contributed by atoms with E-state index in [1.54, 1.807) is 11.3 Å². The van der Waals surface area contributed by atoms with Crippen molar-refractivity contribution in [2.24, 2.45) is 0 Å². The molecule has 3 heterocycles. The fraction of sp³-hybridized carbons (Fsp3) is 0.522. The van der Waals surface area contributed by atoms with Crippen molar-refractivity contribution in [3.05, 3.63) is 41.3 Å². The van der Waals surface area contributed by atoms with Gasteiger partial charge in [0.1, 0.15) is 0 Å². The maximum absolute atomic E-state index is 12.9. The quantitative estimate of drug-likeness (QED) is 0.735. The predicted octanol–water partition coefficient (Wildman–Crippen LogP) is 2.62. The molecule has 1 aromatic heterocycles. The van der Waals surface area contributed by atoms with Gasteiger partial charge in [0.2, 0.25) is 0 Å². The van der Waals surface area contributed by atoms with E-state index < -0.39 is 0 Å². The number of nitrogens with one attached hydrogen (secondary N) is 1. The van der Waals surface area contributed by atoms with Crippen LogP contribution in [0.1, 0.15) is 16.6 Å². The predicted molar refractivity (Wildman–Crippen MR) is 124 cm³/mol. The molecule has 0 spiro atoms. The Bertz CT molecular complexity index is 812. The number of likely N-dealkylation sites (N-methyl/N-ethyl adjacent to an activating group) is 1. The van der Waals surface area contributed by atoms with Gasteiger partial charge in [0.25, 0.3) is 5.91 Å². The standard InChI is InChI=1S/C23H32N4O2S/c1-2-25-10-12-26(13-11-25)9-8-24-22(28)21-18-20(19-6-4-3-5-7-19)23(30-21)27-14-16-29-17-15-27/h3-7,18H,2,8-17H2,1H3,(H,24,28). The van der Waals surface area contributed by atoms with Crippen molar-refractivity contribution in [3.8, 4) is 11.1 Å². The Morgan fingerprint density at radius 1 is 1.03 bits per heavy atom. The van der Waals surface area contributed by atoms with Crippen LogP contribution in [0.3, 0.4) is 0 Å². The topological polar surface area (TPSA) is 48.0 Å². The third-order valence-corrected chi connectivity index (χ3v) is 7.14. The van der Waals surface area contributed by atoms with Gasteiger partial charge in [-0.2, -0.15) is 0 Å². The number of rotatable bonds is 7. The first kappa shape index (κ1) is 21.3. The van der Waals surface area contributed by atoms with E-state index in [4.69, 9.17) is 4.74 Å². The molecule has 1 N–H and O–H groups in total. The molecule has 2 fully saturated rings. The van der Waals surface area contributed by atoms with Gasteiger partial charge in [-0.1, -0.05) is 37.3 Å². The average Bonchev–Trinajstić information content (AvgIpc) is 3.26. The fourth-order valence-electron chi connectivity index (χ4n) is 4.06. The van der Waals surface area contributed by atoms with Crippen molar-refractivity contribution in [2.75, 3.05) is 77.0 Å². The smallest absolute Gasteiger partial charge is 0.261 e. The second kappa shape index (κ2) is 10.4. The summed E-state index contributed by atoms with van der Waals surface area (Å²) in [5, 5.41) is 4.31. The highest BCUT2D eigenvalue weighted by Crippen LogP contribution is 2.39.